The van der Waals surface area contributed by atoms with Crippen molar-refractivity contribution in [1.29, 1.82) is 0 Å². The highest BCUT2D eigenvalue weighted by Gasteiger charge is 2.51. The van der Waals surface area contributed by atoms with Crippen molar-refractivity contribution in [2.75, 3.05) is 13.2 Å². The molecule has 0 rings (SSSR count). The molecule has 0 heterocycles. The SMILES string of the molecule is C=CC(=O)OCC(OC(=O)C=C)(OC(=O)C=C)C(C)OCC(OC(=O)C=C)(OC(=O)C=C)C(C)OC(=O)CCC(=O)O. The molecule has 0 radical (unpaired) electrons. The summed E-state index contributed by atoms with van der Waals surface area (Å²) in [4.78, 5) is 83.8. The van der Waals surface area contributed by atoms with Crippen LogP contribution in [0.15, 0.2) is 63.3 Å². The number of aliphatic carboxylic acids is 1. The third-order valence-corrected chi connectivity index (χ3v) is 4.97. The lowest BCUT2D eigenvalue weighted by Gasteiger charge is -2.39. The maximum Gasteiger partial charge on any atom is 0.333 e. The van der Waals surface area contributed by atoms with Crippen molar-refractivity contribution in [3.8, 4) is 0 Å². The van der Waals surface area contributed by atoms with Crippen LogP contribution in [0.5, 0.6) is 0 Å². The Bertz CT molecular complexity index is 1060. The molecular formula is C27H32O15. The smallest absolute Gasteiger partial charge is 0.333 e. The zero-order chi connectivity index (χ0) is 32.5. The summed E-state index contributed by atoms with van der Waals surface area (Å²) < 4.78 is 36.6. The summed E-state index contributed by atoms with van der Waals surface area (Å²) in [5, 5.41) is 8.82. The maximum atomic E-state index is 12.3. The van der Waals surface area contributed by atoms with Gasteiger partial charge in [-0.25, -0.2) is 24.0 Å². The van der Waals surface area contributed by atoms with E-state index in [-0.39, 0.29) is 0 Å². The van der Waals surface area contributed by atoms with Crippen LogP contribution in [0.4, 0.5) is 0 Å². The van der Waals surface area contributed by atoms with E-state index in [0.717, 1.165) is 19.9 Å². The van der Waals surface area contributed by atoms with Gasteiger partial charge in [0.15, 0.2) is 12.7 Å². The van der Waals surface area contributed by atoms with Gasteiger partial charge in [-0.15, -0.1) is 0 Å². The molecule has 0 aromatic heterocycles. The first-order valence-electron chi connectivity index (χ1n) is 11.9. The van der Waals surface area contributed by atoms with E-state index in [0.29, 0.717) is 24.3 Å². The first-order valence-corrected chi connectivity index (χ1v) is 11.9. The molecule has 15 nitrogen and oxygen atoms in total. The zero-order valence-electron chi connectivity index (χ0n) is 23.1. The molecule has 42 heavy (non-hydrogen) atoms. The summed E-state index contributed by atoms with van der Waals surface area (Å²) in [6, 6.07) is 0. The molecule has 1 N–H and O–H groups in total. The number of carbonyl (C=O) groups excluding carboxylic acids is 6. The molecule has 15 heteroatoms. The fourth-order valence-electron chi connectivity index (χ4n) is 2.73. The van der Waals surface area contributed by atoms with Gasteiger partial charge in [-0.3, -0.25) is 9.59 Å². The summed E-state index contributed by atoms with van der Waals surface area (Å²) in [6.07, 6.45) is -1.04. The number of carboxylic acids is 1. The summed E-state index contributed by atoms with van der Waals surface area (Å²) in [5.74, 6) is -13.3. The molecule has 0 amide bonds. The second-order valence-corrected chi connectivity index (χ2v) is 7.92. The van der Waals surface area contributed by atoms with Crippen LogP contribution in [0.3, 0.4) is 0 Å². The van der Waals surface area contributed by atoms with Gasteiger partial charge in [-0.1, -0.05) is 32.9 Å². The number of ether oxygens (including phenoxy) is 7. The van der Waals surface area contributed by atoms with Crippen molar-refractivity contribution < 1.29 is 71.8 Å². The van der Waals surface area contributed by atoms with E-state index < -0.39 is 91.6 Å². The summed E-state index contributed by atoms with van der Waals surface area (Å²) in [5.41, 5.74) is 0. The predicted molar refractivity (Wildman–Crippen MR) is 140 cm³/mol. The van der Waals surface area contributed by atoms with E-state index in [1.807, 2.05) is 0 Å². The Balaban J connectivity index is 6.71. The van der Waals surface area contributed by atoms with E-state index in [4.69, 9.17) is 38.3 Å². The minimum absolute atomic E-state index is 0.607. The van der Waals surface area contributed by atoms with Crippen molar-refractivity contribution in [3.05, 3.63) is 63.3 Å². The first-order chi connectivity index (χ1) is 19.6. The Morgan fingerprint density at radius 3 is 1.36 bits per heavy atom. The first kappa shape index (κ1) is 37.0. The lowest BCUT2D eigenvalue weighted by atomic mass is 10.1. The summed E-state index contributed by atoms with van der Waals surface area (Å²) in [7, 11) is 0. The topological polar surface area (TPSA) is 204 Å². The van der Waals surface area contributed by atoms with Gasteiger partial charge in [0.1, 0.15) is 12.7 Å². The lowest BCUT2D eigenvalue weighted by Crippen LogP contribution is -2.58. The van der Waals surface area contributed by atoms with Crippen molar-refractivity contribution >= 4 is 41.8 Å². The van der Waals surface area contributed by atoms with E-state index in [1.54, 1.807) is 0 Å². The molecule has 0 aliphatic carbocycles. The molecule has 2 atom stereocenters. The Labute approximate surface area is 240 Å². The predicted octanol–water partition coefficient (Wildman–Crippen LogP) is 1.23. The second kappa shape index (κ2) is 17.6. The minimum atomic E-state index is -2.61. The number of rotatable bonds is 20. The third-order valence-electron chi connectivity index (χ3n) is 4.97. The molecule has 230 valence electrons. The molecule has 0 aliphatic heterocycles. The minimum Gasteiger partial charge on any atom is -0.481 e. The number of carbonyl (C=O) groups is 7. The van der Waals surface area contributed by atoms with Crippen molar-refractivity contribution in [3.63, 3.8) is 0 Å². The molecular weight excluding hydrogens is 564 g/mol. The number of hydrogen-bond acceptors (Lipinski definition) is 14. The molecule has 0 aromatic carbocycles. The van der Waals surface area contributed by atoms with Gasteiger partial charge < -0.3 is 38.3 Å². The van der Waals surface area contributed by atoms with Crippen molar-refractivity contribution in [2.24, 2.45) is 0 Å². The molecule has 0 fully saturated rings. The van der Waals surface area contributed by atoms with Crippen LogP contribution in [0.25, 0.3) is 0 Å². The van der Waals surface area contributed by atoms with Gasteiger partial charge >= 0.3 is 53.4 Å². The van der Waals surface area contributed by atoms with Crippen LogP contribution in [0.1, 0.15) is 26.7 Å². The Morgan fingerprint density at radius 1 is 0.619 bits per heavy atom. The van der Waals surface area contributed by atoms with Gasteiger partial charge in [-0.05, 0) is 13.8 Å². The number of esters is 6. The second-order valence-electron chi connectivity index (χ2n) is 7.92. The van der Waals surface area contributed by atoms with Crippen LogP contribution < -0.4 is 0 Å². The van der Waals surface area contributed by atoms with Crippen LogP contribution in [-0.2, 0) is 66.7 Å². The molecule has 0 spiro atoms. The fraction of sp³-hybridized carbons (Fsp3) is 0.370. The molecule has 0 saturated heterocycles. The van der Waals surface area contributed by atoms with Crippen LogP contribution in [0, 0.1) is 0 Å². The Hall–Kier alpha value is -5.05. The fourth-order valence-corrected chi connectivity index (χ4v) is 2.73. The number of hydrogen-bond donors (Lipinski definition) is 1. The quantitative estimate of drug-likeness (QED) is 0.0908. The molecule has 0 bridgehead atoms. The maximum absolute atomic E-state index is 12.3. The van der Waals surface area contributed by atoms with Gasteiger partial charge in [0, 0.05) is 30.4 Å². The number of carboxylic acid groups (broad SMARTS) is 1. The highest BCUT2D eigenvalue weighted by Crippen LogP contribution is 2.29. The highest BCUT2D eigenvalue weighted by atomic mass is 16.8. The standard InChI is InChI=1S/C27H32O15/c1-8-20(30)37-16-26(39-21(31)9-2,40-22(32)10-3)17(6)36-15-27(41-23(33)11-4,42-24(34)12-5)18(7)38-25(35)14-13-19(28)29/h8-12,17-18H,1-5,13-16H2,6-7H3,(H,28,29). The largest absolute Gasteiger partial charge is 0.481 e. The Kier molecular flexibility index (Phi) is 15.5. The highest BCUT2D eigenvalue weighted by molar-refractivity contribution is 5.85. The molecule has 2 unspecified atom stereocenters. The third kappa shape index (κ3) is 12.0. The zero-order valence-corrected chi connectivity index (χ0v) is 23.1. The average Bonchev–Trinajstić information content (AvgIpc) is 2.96. The van der Waals surface area contributed by atoms with Gasteiger partial charge in [-0.2, -0.15) is 0 Å². The van der Waals surface area contributed by atoms with Crippen LogP contribution in [-0.4, -0.2) is 83.9 Å². The lowest BCUT2D eigenvalue weighted by molar-refractivity contribution is -0.306. The van der Waals surface area contributed by atoms with Gasteiger partial charge in [0.25, 0.3) is 0 Å². The Morgan fingerprint density at radius 2 is 1.00 bits per heavy atom. The monoisotopic (exact) mass is 596 g/mol. The summed E-state index contributed by atoms with van der Waals surface area (Å²) >= 11 is 0. The van der Waals surface area contributed by atoms with E-state index in [1.165, 1.54) is 0 Å². The average molecular weight is 597 g/mol. The molecule has 0 aliphatic rings. The normalized spacial score (nSPS) is 12.1. The molecule has 0 aromatic rings. The van der Waals surface area contributed by atoms with Crippen LogP contribution in [0.2, 0.25) is 0 Å². The summed E-state index contributed by atoms with van der Waals surface area (Å²) in [6.45, 7) is 16.5. The van der Waals surface area contributed by atoms with Crippen molar-refractivity contribution in [2.45, 2.75) is 50.5 Å². The van der Waals surface area contributed by atoms with E-state index >= 15 is 0 Å². The van der Waals surface area contributed by atoms with Crippen LogP contribution >= 0.6 is 0 Å². The van der Waals surface area contributed by atoms with Crippen molar-refractivity contribution in [1.82, 2.24) is 0 Å². The van der Waals surface area contributed by atoms with Gasteiger partial charge in [0.05, 0.1) is 12.8 Å². The van der Waals surface area contributed by atoms with E-state index in [9.17, 15) is 33.6 Å². The molecule has 0 saturated carbocycles. The van der Waals surface area contributed by atoms with E-state index in [2.05, 4.69) is 32.9 Å². The van der Waals surface area contributed by atoms with Gasteiger partial charge in [0.2, 0.25) is 0 Å².